The van der Waals surface area contributed by atoms with E-state index in [9.17, 15) is 0 Å². The first-order valence-corrected chi connectivity index (χ1v) is 14.8. The monoisotopic (exact) mass is 554 g/mol. The predicted octanol–water partition coefficient (Wildman–Crippen LogP) is 5.64. The molecule has 1 fully saturated rings. The molecule has 1 saturated heterocycles. The highest BCUT2D eigenvalue weighted by atomic mass is 35.5. The van der Waals surface area contributed by atoms with Gasteiger partial charge in [-0.15, -0.1) is 0 Å². The molecule has 10 heteroatoms. The zero-order chi connectivity index (χ0) is 27.3. The van der Waals surface area contributed by atoms with E-state index in [0.29, 0.717) is 42.5 Å². The summed E-state index contributed by atoms with van der Waals surface area (Å²) in [4.78, 5) is 18.2. The van der Waals surface area contributed by atoms with Crippen molar-refractivity contribution in [3.8, 4) is 0 Å². The molecular formula is C28H39ClN6O2Si. The topological polar surface area (TPSA) is 75.6 Å². The minimum atomic E-state index is -0.658. The average Bonchev–Trinajstić information content (AvgIpc) is 2.89. The molecule has 38 heavy (non-hydrogen) atoms. The number of halogens is 1. The smallest absolute Gasteiger partial charge is 0.230 e. The quantitative estimate of drug-likeness (QED) is 0.323. The van der Waals surface area contributed by atoms with Gasteiger partial charge >= 0.3 is 0 Å². The Morgan fingerprint density at radius 1 is 1.16 bits per heavy atom. The van der Waals surface area contributed by atoms with Crippen LogP contribution >= 0.6 is 11.6 Å². The van der Waals surface area contributed by atoms with E-state index in [2.05, 4.69) is 72.9 Å². The van der Waals surface area contributed by atoms with E-state index in [1.807, 2.05) is 19.2 Å². The van der Waals surface area contributed by atoms with E-state index >= 15 is 0 Å². The van der Waals surface area contributed by atoms with Crippen molar-refractivity contribution in [3.05, 3.63) is 58.7 Å². The number of pyridine rings is 1. The summed E-state index contributed by atoms with van der Waals surface area (Å²) in [5, 5.41) is 4.11. The number of ether oxygens (including phenoxy) is 1. The number of nitrogens with zero attached hydrogens (tertiary/aromatic N) is 5. The summed E-state index contributed by atoms with van der Waals surface area (Å²) < 4.78 is 11.7. The normalized spacial score (nSPS) is 14.5. The Labute approximate surface area is 233 Å². The number of nitrogens with one attached hydrogen (secondary N) is 1. The van der Waals surface area contributed by atoms with Gasteiger partial charge < -0.3 is 24.3 Å². The summed E-state index contributed by atoms with van der Waals surface area (Å²) in [5.41, 5.74) is 3.41. The Morgan fingerprint density at radius 2 is 1.92 bits per heavy atom. The van der Waals surface area contributed by atoms with E-state index in [1.54, 1.807) is 12.3 Å². The predicted molar refractivity (Wildman–Crippen MR) is 159 cm³/mol. The van der Waals surface area contributed by atoms with Crippen LogP contribution in [-0.4, -0.2) is 58.1 Å². The molecule has 2 aromatic heterocycles. The number of rotatable bonds is 10. The van der Waals surface area contributed by atoms with Crippen LogP contribution in [0.2, 0.25) is 10.1 Å². The van der Waals surface area contributed by atoms with Crippen molar-refractivity contribution >= 4 is 50.5 Å². The van der Waals surface area contributed by atoms with Gasteiger partial charge in [-0.1, -0.05) is 51.4 Å². The molecule has 0 atom stereocenters. The minimum Gasteiger partial charge on any atom is -0.419 e. The Balaban J connectivity index is 1.48. The summed E-state index contributed by atoms with van der Waals surface area (Å²) in [5.74, 6) is 3.25. The lowest BCUT2D eigenvalue weighted by atomic mass is 9.99. The van der Waals surface area contributed by atoms with Crippen molar-refractivity contribution in [2.24, 2.45) is 5.92 Å². The molecule has 1 aliphatic heterocycles. The van der Waals surface area contributed by atoms with Crippen LogP contribution in [0.15, 0.2) is 42.6 Å². The largest absolute Gasteiger partial charge is 0.419 e. The van der Waals surface area contributed by atoms with E-state index in [4.69, 9.17) is 30.7 Å². The van der Waals surface area contributed by atoms with Crippen molar-refractivity contribution in [3.63, 3.8) is 0 Å². The van der Waals surface area contributed by atoms with E-state index in [0.717, 1.165) is 41.5 Å². The maximum absolute atomic E-state index is 6.41. The summed E-state index contributed by atoms with van der Waals surface area (Å²) >= 11 is 6.41. The highest BCUT2D eigenvalue weighted by Gasteiger charge is 2.23. The Morgan fingerprint density at radius 3 is 2.66 bits per heavy atom. The maximum Gasteiger partial charge on any atom is 0.230 e. The van der Waals surface area contributed by atoms with Crippen molar-refractivity contribution in [1.82, 2.24) is 15.0 Å². The molecule has 0 saturated carbocycles. The molecule has 0 amide bonds. The SMILES string of the molecule is Cc1ccc(CO[SiH2]C(C)(C)C(C)C)cc1N(C)c1ccnc(Nc2cc(Cl)cc(N3CCOCC3)n2)n1. The summed E-state index contributed by atoms with van der Waals surface area (Å²) in [6, 6.07) is 12.0. The highest BCUT2D eigenvalue weighted by Crippen LogP contribution is 2.33. The molecule has 204 valence electrons. The highest BCUT2D eigenvalue weighted by molar-refractivity contribution is 6.32. The summed E-state index contributed by atoms with van der Waals surface area (Å²) in [6.07, 6.45) is 1.75. The van der Waals surface area contributed by atoms with Crippen molar-refractivity contribution in [1.29, 1.82) is 0 Å². The van der Waals surface area contributed by atoms with Gasteiger partial charge in [0.2, 0.25) is 5.95 Å². The third-order valence-corrected chi connectivity index (χ3v) is 9.46. The van der Waals surface area contributed by atoms with E-state index < -0.39 is 9.76 Å². The minimum absolute atomic E-state index is 0.273. The fourth-order valence-corrected chi connectivity index (χ4v) is 5.44. The van der Waals surface area contributed by atoms with E-state index in [-0.39, 0.29) is 5.04 Å². The van der Waals surface area contributed by atoms with Crippen LogP contribution in [0.5, 0.6) is 0 Å². The van der Waals surface area contributed by atoms with Gasteiger partial charge in [-0.05, 0) is 53.3 Å². The van der Waals surface area contributed by atoms with Crippen LogP contribution in [0.4, 0.5) is 29.1 Å². The van der Waals surface area contributed by atoms with Gasteiger partial charge in [0.1, 0.15) is 17.5 Å². The van der Waals surface area contributed by atoms with Gasteiger partial charge in [-0.25, -0.2) is 9.97 Å². The van der Waals surface area contributed by atoms with Gasteiger partial charge in [-0.2, -0.15) is 4.98 Å². The van der Waals surface area contributed by atoms with Gasteiger partial charge in [0.25, 0.3) is 0 Å². The first-order valence-electron chi connectivity index (χ1n) is 13.1. The summed E-state index contributed by atoms with van der Waals surface area (Å²) in [7, 11) is 1.36. The van der Waals surface area contributed by atoms with Crippen molar-refractivity contribution in [2.45, 2.75) is 46.3 Å². The molecule has 0 unspecified atom stereocenters. The maximum atomic E-state index is 6.41. The molecule has 8 nitrogen and oxygen atoms in total. The van der Waals surface area contributed by atoms with Gasteiger partial charge in [0.05, 0.1) is 19.8 Å². The average molecular weight is 555 g/mol. The van der Waals surface area contributed by atoms with Crippen LogP contribution in [-0.2, 0) is 15.8 Å². The standard InChI is InChI=1S/C28H39ClN6O2Si/c1-19(2)28(4,5)38-37-18-21-8-7-20(3)23(15-21)34(6)25-9-10-30-27(33-25)32-24-16-22(29)17-26(31-24)35-11-13-36-14-12-35/h7-10,15-17,19H,11-14,18,38H2,1-6H3,(H,30,31,32,33). The van der Waals surface area contributed by atoms with Crippen LogP contribution in [0.3, 0.4) is 0 Å². The van der Waals surface area contributed by atoms with Crippen LogP contribution in [0.25, 0.3) is 0 Å². The lowest BCUT2D eigenvalue weighted by Gasteiger charge is -2.28. The van der Waals surface area contributed by atoms with Crippen LogP contribution < -0.4 is 15.1 Å². The number of aryl methyl sites for hydroxylation is 1. The van der Waals surface area contributed by atoms with Crippen LogP contribution in [0, 0.1) is 12.8 Å². The first kappa shape index (κ1) is 28.3. The molecule has 0 aliphatic carbocycles. The third-order valence-electron chi connectivity index (χ3n) is 7.28. The molecular weight excluding hydrogens is 516 g/mol. The molecule has 1 N–H and O–H groups in total. The van der Waals surface area contributed by atoms with Gasteiger partial charge in [0, 0.05) is 37.0 Å². The fourth-order valence-electron chi connectivity index (χ4n) is 4.04. The Kier molecular flexibility index (Phi) is 9.25. The number of morpholine rings is 1. The second kappa shape index (κ2) is 12.4. The van der Waals surface area contributed by atoms with E-state index in [1.165, 1.54) is 0 Å². The molecule has 1 aromatic carbocycles. The molecule has 0 bridgehead atoms. The molecule has 0 radical (unpaired) electrons. The first-order chi connectivity index (χ1) is 18.1. The number of hydrogen-bond acceptors (Lipinski definition) is 8. The van der Waals surface area contributed by atoms with Crippen LogP contribution in [0.1, 0.15) is 38.8 Å². The zero-order valence-electron chi connectivity index (χ0n) is 23.3. The Hall–Kier alpha value is -2.72. The van der Waals surface area contributed by atoms with Crippen molar-refractivity contribution < 1.29 is 9.16 Å². The molecule has 3 aromatic rings. The third kappa shape index (κ3) is 7.22. The second-order valence-corrected chi connectivity index (χ2v) is 13.8. The Bertz CT molecular complexity index is 1240. The number of benzene rings is 1. The second-order valence-electron chi connectivity index (χ2n) is 10.8. The van der Waals surface area contributed by atoms with Gasteiger partial charge in [0.15, 0.2) is 9.76 Å². The molecule has 4 rings (SSSR count). The number of anilines is 5. The van der Waals surface area contributed by atoms with Gasteiger partial charge in [-0.3, -0.25) is 0 Å². The lowest BCUT2D eigenvalue weighted by Crippen LogP contribution is -2.36. The summed E-state index contributed by atoms with van der Waals surface area (Å²) in [6.45, 7) is 14.8. The van der Waals surface area contributed by atoms with Crippen molar-refractivity contribution in [2.75, 3.05) is 48.5 Å². The zero-order valence-corrected chi connectivity index (χ0v) is 25.5. The molecule has 1 aliphatic rings. The molecule has 0 spiro atoms. The number of aromatic nitrogens is 3. The fraction of sp³-hybridized carbons (Fsp3) is 0.464. The number of hydrogen-bond donors (Lipinski definition) is 1. The lowest BCUT2D eigenvalue weighted by molar-refractivity contribution is 0.122. The molecule has 3 heterocycles.